The Morgan fingerprint density at radius 1 is 1.37 bits per heavy atom. The van der Waals surface area contributed by atoms with E-state index in [0.717, 1.165) is 0 Å². The van der Waals surface area contributed by atoms with Gasteiger partial charge in [0.1, 0.15) is 11.3 Å². The highest BCUT2D eigenvalue weighted by atomic mass is 16.5. The van der Waals surface area contributed by atoms with Crippen molar-refractivity contribution in [3.63, 3.8) is 0 Å². The van der Waals surface area contributed by atoms with Crippen LogP contribution in [0.2, 0.25) is 0 Å². The quantitative estimate of drug-likeness (QED) is 0.796. The lowest BCUT2D eigenvalue weighted by atomic mass is 10.1. The predicted octanol–water partition coefficient (Wildman–Crippen LogP) is 0.317. The molecule has 0 aromatic heterocycles. The molecule has 0 heterocycles. The van der Waals surface area contributed by atoms with E-state index < -0.39 is 17.4 Å². The molecule has 0 radical (unpaired) electrons. The maximum Gasteiger partial charge on any atom is 0.258 e. The number of amides is 2. The lowest BCUT2D eigenvalue weighted by molar-refractivity contribution is -0.131. The van der Waals surface area contributed by atoms with Gasteiger partial charge in [0.25, 0.3) is 5.91 Å². The van der Waals surface area contributed by atoms with Gasteiger partial charge in [0.15, 0.2) is 6.61 Å². The molecular formula is C13H15N3O3. The van der Waals surface area contributed by atoms with Crippen LogP contribution >= 0.6 is 0 Å². The number of benzene rings is 1. The number of nitrogens with zero attached hydrogens (tertiary/aromatic N) is 1. The van der Waals surface area contributed by atoms with Crippen LogP contribution in [0, 0.1) is 11.3 Å². The van der Waals surface area contributed by atoms with Crippen LogP contribution in [0.1, 0.15) is 19.4 Å². The Bertz CT molecular complexity index is 515. The van der Waals surface area contributed by atoms with Gasteiger partial charge >= 0.3 is 0 Å². The summed E-state index contributed by atoms with van der Waals surface area (Å²) in [7, 11) is 0. The van der Waals surface area contributed by atoms with Crippen molar-refractivity contribution >= 4 is 11.8 Å². The normalized spacial score (nSPS) is 10.4. The number of rotatable bonds is 5. The largest absolute Gasteiger partial charge is 0.484 e. The highest BCUT2D eigenvalue weighted by Crippen LogP contribution is 2.11. The summed E-state index contributed by atoms with van der Waals surface area (Å²) in [6, 6.07) is 8.32. The van der Waals surface area contributed by atoms with Crippen LogP contribution in [0.3, 0.4) is 0 Å². The summed E-state index contributed by atoms with van der Waals surface area (Å²) in [6.45, 7) is 2.78. The molecule has 3 N–H and O–H groups in total. The second-order valence-corrected chi connectivity index (χ2v) is 4.46. The molecule has 0 saturated heterocycles. The van der Waals surface area contributed by atoms with Crippen LogP contribution in [0.5, 0.6) is 5.75 Å². The summed E-state index contributed by atoms with van der Waals surface area (Å²) >= 11 is 0. The van der Waals surface area contributed by atoms with E-state index in [-0.39, 0.29) is 6.61 Å². The molecule has 1 aromatic rings. The maximum absolute atomic E-state index is 11.6. The molecule has 0 atom stereocenters. The maximum atomic E-state index is 11.6. The van der Waals surface area contributed by atoms with Gasteiger partial charge in [-0.2, -0.15) is 5.26 Å². The van der Waals surface area contributed by atoms with Crippen LogP contribution in [-0.4, -0.2) is 24.0 Å². The summed E-state index contributed by atoms with van der Waals surface area (Å²) in [5.41, 5.74) is 4.52. The minimum Gasteiger partial charge on any atom is -0.484 e. The first-order valence-corrected chi connectivity index (χ1v) is 5.59. The van der Waals surface area contributed by atoms with Gasteiger partial charge < -0.3 is 15.8 Å². The van der Waals surface area contributed by atoms with Crippen LogP contribution < -0.4 is 15.8 Å². The molecule has 6 nitrogen and oxygen atoms in total. The Hall–Kier alpha value is -2.55. The zero-order chi connectivity index (χ0) is 14.5. The van der Waals surface area contributed by atoms with E-state index >= 15 is 0 Å². The fourth-order valence-electron chi connectivity index (χ4n) is 1.22. The summed E-state index contributed by atoms with van der Waals surface area (Å²) in [6.07, 6.45) is 0. The van der Waals surface area contributed by atoms with Crippen LogP contribution in [0.25, 0.3) is 0 Å². The fraction of sp³-hybridized carbons (Fsp3) is 0.308. The standard InChI is InChI=1S/C13H15N3O3/c1-13(2,12(15)18)16-11(17)8-19-10-5-3-9(7-14)4-6-10/h3-6H,8H2,1-2H3,(H2,15,18)(H,16,17). The van der Waals surface area contributed by atoms with Gasteiger partial charge in [-0.15, -0.1) is 0 Å². The van der Waals surface area contributed by atoms with Crippen molar-refractivity contribution in [1.82, 2.24) is 5.32 Å². The Balaban J connectivity index is 2.50. The third-order valence-corrected chi connectivity index (χ3v) is 2.42. The minimum absolute atomic E-state index is 0.234. The second kappa shape index (κ2) is 5.87. The minimum atomic E-state index is -1.12. The average molecular weight is 261 g/mol. The molecule has 2 amide bonds. The molecule has 0 unspecified atom stereocenters. The summed E-state index contributed by atoms with van der Waals surface area (Å²) in [5, 5.41) is 11.1. The number of hydrogen-bond donors (Lipinski definition) is 2. The highest BCUT2D eigenvalue weighted by Gasteiger charge is 2.26. The lowest BCUT2D eigenvalue weighted by Gasteiger charge is -2.22. The van der Waals surface area contributed by atoms with Crippen molar-refractivity contribution < 1.29 is 14.3 Å². The molecule has 0 aliphatic rings. The van der Waals surface area contributed by atoms with E-state index in [1.54, 1.807) is 24.3 Å². The SMILES string of the molecule is CC(C)(NC(=O)COc1ccc(C#N)cc1)C(N)=O. The van der Waals surface area contributed by atoms with Gasteiger partial charge in [0.2, 0.25) is 5.91 Å². The summed E-state index contributed by atoms with van der Waals surface area (Å²) < 4.78 is 5.22. The Morgan fingerprint density at radius 2 is 1.95 bits per heavy atom. The lowest BCUT2D eigenvalue weighted by Crippen LogP contribution is -2.54. The van der Waals surface area contributed by atoms with Crippen LogP contribution in [0.15, 0.2) is 24.3 Å². The highest BCUT2D eigenvalue weighted by molar-refractivity contribution is 5.90. The van der Waals surface area contributed by atoms with Gasteiger partial charge in [0.05, 0.1) is 11.6 Å². The van der Waals surface area contributed by atoms with E-state index in [9.17, 15) is 9.59 Å². The third-order valence-electron chi connectivity index (χ3n) is 2.42. The van der Waals surface area contributed by atoms with Crippen molar-refractivity contribution in [3.05, 3.63) is 29.8 Å². The van der Waals surface area contributed by atoms with Gasteiger partial charge in [-0.3, -0.25) is 9.59 Å². The topological polar surface area (TPSA) is 105 Å². The Morgan fingerprint density at radius 3 is 2.42 bits per heavy atom. The second-order valence-electron chi connectivity index (χ2n) is 4.46. The Labute approximate surface area is 111 Å². The van der Waals surface area contributed by atoms with E-state index in [0.29, 0.717) is 11.3 Å². The molecule has 0 aliphatic carbocycles. The van der Waals surface area contributed by atoms with Crippen molar-refractivity contribution in [3.8, 4) is 11.8 Å². The third kappa shape index (κ3) is 4.32. The number of ether oxygens (including phenoxy) is 1. The van der Waals surface area contributed by atoms with Gasteiger partial charge in [-0.05, 0) is 38.1 Å². The molecule has 1 rings (SSSR count). The molecule has 100 valence electrons. The molecule has 1 aromatic carbocycles. The predicted molar refractivity (Wildman–Crippen MR) is 68.1 cm³/mol. The molecule has 19 heavy (non-hydrogen) atoms. The smallest absolute Gasteiger partial charge is 0.258 e. The molecule has 0 aliphatic heterocycles. The first kappa shape index (κ1) is 14.5. The van der Waals surface area contributed by atoms with E-state index in [2.05, 4.69) is 5.32 Å². The van der Waals surface area contributed by atoms with Crippen LogP contribution in [0.4, 0.5) is 0 Å². The van der Waals surface area contributed by atoms with Crippen molar-refractivity contribution in [2.75, 3.05) is 6.61 Å². The average Bonchev–Trinajstić information content (AvgIpc) is 2.36. The first-order valence-electron chi connectivity index (χ1n) is 5.59. The van der Waals surface area contributed by atoms with Crippen molar-refractivity contribution in [2.24, 2.45) is 5.73 Å². The number of hydrogen-bond acceptors (Lipinski definition) is 4. The van der Waals surface area contributed by atoms with Gasteiger partial charge in [-0.1, -0.05) is 0 Å². The zero-order valence-electron chi connectivity index (χ0n) is 10.8. The van der Waals surface area contributed by atoms with Gasteiger partial charge in [0, 0.05) is 0 Å². The number of carbonyl (C=O) groups is 2. The molecular weight excluding hydrogens is 246 g/mol. The molecule has 0 saturated carbocycles. The number of nitriles is 1. The van der Waals surface area contributed by atoms with Crippen molar-refractivity contribution in [1.29, 1.82) is 5.26 Å². The zero-order valence-corrected chi connectivity index (χ0v) is 10.8. The molecule has 0 spiro atoms. The fourth-order valence-corrected chi connectivity index (χ4v) is 1.22. The first-order chi connectivity index (χ1) is 8.85. The molecule has 6 heteroatoms. The number of nitrogens with one attached hydrogen (secondary N) is 1. The van der Waals surface area contributed by atoms with Crippen LogP contribution in [-0.2, 0) is 9.59 Å². The van der Waals surface area contributed by atoms with E-state index in [1.165, 1.54) is 13.8 Å². The number of carbonyl (C=O) groups excluding carboxylic acids is 2. The molecule has 0 fully saturated rings. The van der Waals surface area contributed by atoms with E-state index in [4.69, 9.17) is 15.7 Å². The van der Waals surface area contributed by atoms with E-state index in [1.807, 2.05) is 6.07 Å². The summed E-state index contributed by atoms with van der Waals surface area (Å²) in [4.78, 5) is 22.6. The summed E-state index contributed by atoms with van der Waals surface area (Å²) in [5.74, 6) is -0.613. The van der Waals surface area contributed by atoms with Crippen molar-refractivity contribution in [2.45, 2.75) is 19.4 Å². The number of nitrogens with two attached hydrogens (primary N) is 1. The Kier molecular flexibility index (Phi) is 4.48. The number of primary amides is 1. The monoisotopic (exact) mass is 261 g/mol. The molecule has 0 bridgehead atoms. The van der Waals surface area contributed by atoms with Gasteiger partial charge in [-0.25, -0.2) is 0 Å².